The van der Waals surface area contributed by atoms with Crippen LogP contribution in [0.25, 0.3) is 0 Å². The first-order valence-corrected chi connectivity index (χ1v) is 3.98. The average Bonchev–Trinajstić information content (AvgIpc) is 1.96. The van der Waals surface area contributed by atoms with Crippen LogP contribution < -0.4 is 5.56 Å². The van der Waals surface area contributed by atoms with Gasteiger partial charge >= 0.3 is 6.55 Å². The summed E-state index contributed by atoms with van der Waals surface area (Å²) in [6.07, 6.45) is 1.12. The first-order valence-electron chi connectivity index (χ1n) is 3.19. The highest BCUT2D eigenvalue weighted by molar-refractivity contribution is 9.10. The van der Waals surface area contributed by atoms with Gasteiger partial charge in [-0.1, -0.05) is 0 Å². The van der Waals surface area contributed by atoms with Gasteiger partial charge in [0, 0.05) is 6.20 Å². The molecule has 1 aromatic rings. The van der Waals surface area contributed by atoms with Gasteiger partial charge in [0.2, 0.25) is 0 Å². The molecule has 2 nitrogen and oxygen atoms in total. The predicted octanol–water partition coefficient (Wildman–Crippen LogP) is 2.31. The number of halogens is 3. The molecule has 5 heteroatoms. The van der Waals surface area contributed by atoms with E-state index in [1.54, 1.807) is 6.92 Å². The lowest BCUT2D eigenvalue weighted by Crippen LogP contribution is -2.20. The van der Waals surface area contributed by atoms with Gasteiger partial charge < -0.3 is 0 Å². The maximum Gasteiger partial charge on any atom is 0.321 e. The fraction of sp³-hybridized carbons (Fsp3) is 0.286. The molecule has 0 bridgehead atoms. The summed E-state index contributed by atoms with van der Waals surface area (Å²) in [5.74, 6) is 0. The van der Waals surface area contributed by atoms with Crippen molar-refractivity contribution in [3.05, 3.63) is 32.7 Å². The number of aryl methyl sites for hydroxylation is 1. The topological polar surface area (TPSA) is 22.0 Å². The molecule has 0 N–H and O–H groups in total. The summed E-state index contributed by atoms with van der Waals surface area (Å²) >= 11 is 2.90. The van der Waals surface area contributed by atoms with Gasteiger partial charge in [0.1, 0.15) is 0 Å². The van der Waals surface area contributed by atoms with Crippen molar-refractivity contribution in [2.45, 2.75) is 13.5 Å². The number of pyridine rings is 1. The number of rotatable bonds is 1. The molecule has 0 radical (unpaired) electrons. The zero-order chi connectivity index (χ0) is 9.30. The normalized spacial score (nSPS) is 10.8. The van der Waals surface area contributed by atoms with Crippen molar-refractivity contribution < 1.29 is 8.78 Å². The smallest absolute Gasteiger partial charge is 0.268 e. The molecule has 1 heterocycles. The maximum absolute atomic E-state index is 12.1. The highest BCUT2D eigenvalue weighted by Gasteiger charge is 2.09. The molecule has 0 aliphatic rings. The summed E-state index contributed by atoms with van der Waals surface area (Å²) in [5.41, 5.74) is -0.0997. The summed E-state index contributed by atoms with van der Waals surface area (Å²) in [5, 5.41) is 0. The van der Waals surface area contributed by atoms with Crippen LogP contribution in [0.3, 0.4) is 0 Å². The average molecular weight is 238 g/mol. The van der Waals surface area contributed by atoms with Gasteiger partial charge in [0.25, 0.3) is 5.56 Å². The third kappa shape index (κ3) is 1.72. The molecule has 1 aromatic heterocycles. The van der Waals surface area contributed by atoms with Gasteiger partial charge in [0.15, 0.2) is 0 Å². The van der Waals surface area contributed by atoms with Crippen molar-refractivity contribution in [1.82, 2.24) is 4.57 Å². The molecule has 0 unspecified atom stereocenters. The Kier molecular flexibility index (Phi) is 2.62. The molecule has 0 aliphatic heterocycles. The first-order chi connectivity index (χ1) is 5.52. The summed E-state index contributed by atoms with van der Waals surface area (Å²) in [6, 6.07) is 1.50. The molecule has 0 saturated heterocycles. The van der Waals surface area contributed by atoms with E-state index in [-0.39, 0.29) is 4.47 Å². The molecule has 0 amide bonds. The maximum atomic E-state index is 12.1. The third-order valence-electron chi connectivity index (χ3n) is 1.35. The van der Waals surface area contributed by atoms with Crippen molar-refractivity contribution in [3.63, 3.8) is 0 Å². The standard InChI is InChI=1S/C7H6BrF2NO/c1-4-2-5(8)6(12)11(3-4)7(9)10/h2-3,7H,1H3. The Morgan fingerprint density at radius 3 is 2.67 bits per heavy atom. The Labute approximate surface area is 76.0 Å². The van der Waals surface area contributed by atoms with E-state index in [9.17, 15) is 13.6 Å². The highest BCUT2D eigenvalue weighted by atomic mass is 79.9. The van der Waals surface area contributed by atoms with Crippen molar-refractivity contribution in [1.29, 1.82) is 0 Å². The number of aromatic nitrogens is 1. The van der Waals surface area contributed by atoms with Crippen LogP contribution in [-0.2, 0) is 0 Å². The van der Waals surface area contributed by atoms with Crippen LogP contribution >= 0.6 is 15.9 Å². The van der Waals surface area contributed by atoms with E-state index in [1.807, 2.05) is 0 Å². The summed E-state index contributed by atoms with van der Waals surface area (Å²) < 4.78 is 24.8. The van der Waals surface area contributed by atoms with Crippen LogP contribution in [0.4, 0.5) is 8.78 Å². The van der Waals surface area contributed by atoms with Gasteiger partial charge in [-0.3, -0.25) is 9.36 Å². The molecule has 0 aliphatic carbocycles. The number of hydrogen-bond donors (Lipinski definition) is 0. The number of alkyl halides is 2. The Hall–Kier alpha value is -0.710. The van der Waals surface area contributed by atoms with Crippen LogP contribution in [-0.4, -0.2) is 4.57 Å². The van der Waals surface area contributed by atoms with Crippen molar-refractivity contribution in [3.8, 4) is 0 Å². The Balaban J connectivity index is 3.38. The molecule has 0 spiro atoms. The largest absolute Gasteiger partial charge is 0.321 e. The monoisotopic (exact) mass is 237 g/mol. The molecular weight excluding hydrogens is 232 g/mol. The lowest BCUT2D eigenvalue weighted by Gasteiger charge is -2.04. The fourth-order valence-electron chi connectivity index (χ4n) is 0.845. The van der Waals surface area contributed by atoms with E-state index in [2.05, 4.69) is 15.9 Å². The predicted molar refractivity (Wildman–Crippen MR) is 44.4 cm³/mol. The fourth-order valence-corrected chi connectivity index (χ4v) is 1.41. The van der Waals surface area contributed by atoms with Crippen molar-refractivity contribution >= 4 is 15.9 Å². The van der Waals surface area contributed by atoms with Crippen molar-refractivity contribution in [2.75, 3.05) is 0 Å². The summed E-state index contributed by atoms with van der Waals surface area (Å²) in [6.45, 7) is -1.14. The van der Waals surface area contributed by atoms with E-state index in [1.165, 1.54) is 6.07 Å². The van der Waals surface area contributed by atoms with Crippen LogP contribution in [0.15, 0.2) is 21.5 Å². The van der Waals surface area contributed by atoms with E-state index < -0.39 is 12.1 Å². The van der Waals surface area contributed by atoms with E-state index in [4.69, 9.17) is 0 Å². The summed E-state index contributed by atoms with van der Waals surface area (Å²) in [4.78, 5) is 11.0. The number of hydrogen-bond acceptors (Lipinski definition) is 1. The molecule has 1 rings (SSSR count). The SMILES string of the molecule is Cc1cc(Br)c(=O)n(C(F)F)c1. The lowest BCUT2D eigenvalue weighted by molar-refractivity contribution is 0.0659. The molecule has 0 fully saturated rings. The van der Waals surface area contributed by atoms with Gasteiger partial charge in [-0.25, -0.2) is 0 Å². The minimum atomic E-state index is -2.78. The minimum absolute atomic E-state index is 0.155. The molecule has 66 valence electrons. The molecule has 0 atom stereocenters. The van der Waals surface area contributed by atoms with E-state index >= 15 is 0 Å². The van der Waals surface area contributed by atoms with E-state index in [0.717, 1.165) is 6.20 Å². The first kappa shape index (κ1) is 9.38. The van der Waals surface area contributed by atoms with Crippen LogP contribution in [0.5, 0.6) is 0 Å². The second-order valence-electron chi connectivity index (χ2n) is 2.36. The third-order valence-corrected chi connectivity index (χ3v) is 1.91. The molecule has 0 aromatic carbocycles. The minimum Gasteiger partial charge on any atom is -0.268 e. The molecular formula is C7H6BrF2NO. The van der Waals surface area contributed by atoms with E-state index in [0.29, 0.717) is 10.1 Å². The lowest BCUT2D eigenvalue weighted by atomic mass is 10.3. The Bertz CT molecular complexity index is 348. The second-order valence-corrected chi connectivity index (χ2v) is 3.21. The van der Waals surface area contributed by atoms with Crippen LogP contribution in [0.1, 0.15) is 12.1 Å². The van der Waals surface area contributed by atoms with Gasteiger partial charge in [-0.05, 0) is 34.5 Å². The van der Waals surface area contributed by atoms with Crippen molar-refractivity contribution in [2.24, 2.45) is 0 Å². The molecule has 12 heavy (non-hydrogen) atoms. The Morgan fingerprint density at radius 1 is 1.58 bits per heavy atom. The second kappa shape index (κ2) is 3.35. The molecule has 0 saturated carbocycles. The zero-order valence-corrected chi connectivity index (χ0v) is 7.81. The quantitative estimate of drug-likeness (QED) is 0.735. The van der Waals surface area contributed by atoms with Crippen LogP contribution in [0.2, 0.25) is 0 Å². The van der Waals surface area contributed by atoms with Gasteiger partial charge in [-0.2, -0.15) is 8.78 Å². The van der Waals surface area contributed by atoms with Crippen LogP contribution in [0, 0.1) is 6.92 Å². The summed E-state index contributed by atoms with van der Waals surface area (Å²) in [7, 11) is 0. The Morgan fingerprint density at radius 2 is 2.17 bits per heavy atom. The van der Waals surface area contributed by atoms with Gasteiger partial charge in [-0.15, -0.1) is 0 Å². The number of nitrogens with zero attached hydrogens (tertiary/aromatic N) is 1. The highest BCUT2D eigenvalue weighted by Crippen LogP contribution is 2.11. The van der Waals surface area contributed by atoms with Gasteiger partial charge in [0.05, 0.1) is 4.47 Å². The zero-order valence-electron chi connectivity index (χ0n) is 6.22.